The van der Waals surface area contributed by atoms with Gasteiger partial charge in [0.2, 0.25) is 5.82 Å². The fourth-order valence-corrected chi connectivity index (χ4v) is 3.20. The molecule has 3 rings (SSSR count). The van der Waals surface area contributed by atoms with E-state index in [2.05, 4.69) is 10.6 Å². The monoisotopic (exact) mass is 457 g/mol. The van der Waals surface area contributed by atoms with Gasteiger partial charge in [0, 0.05) is 17.4 Å². The maximum Gasteiger partial charge on any atom is 0.338 e. The van der Waals surface area contributed by atoms with Crippen LogP contribution in [0.25, 0.3) is 0 Å². The SMILES string of the molecule is CC(OC(=O)c1cccc(NC(=O)c2cccs2)c1)C(=O)Nc1ccc(F)c([N+](=O)[O-])c1. The first-order valence-electron chi connectivity index (χ1n) is 9.15. The lowest BCUT2D eigenvalue weighted by atomic mass is 10.2. The Bertz CT molecular complexity index is 1180. The van der Waals surface area contributed by atoms with Crippen LogP contribution in [0.4, 0.5) is 21.5 Å². The normalized spacial score (nSPS) is 11.3. The van der Waals surface area contributed by atoms with E-state index in [4.69, 9.17) is 4.74 Å². The molecule has 1 aromatic heterocycles. The second kappa shape index (κ2) is 9.79. The first-order chi connectivity index (χ1) is 15.2. The van der Waals surface area contributed by atoms with Gasteiger partial charge >= 0.3 is 11.7 Å². The topological polar surface area (TPSA) is 128 Å². The van der Waals surface area contributed by atoms with Gasteiger partial charge in [0.05, 0.1) is 15.4 Å². The maximum absolute atomic E-state index is 13.4. The summed E-state index contributed by atoms with van der Waals surface area (Å²) in [4.78, 5) is 47.2. The highest BCUT2D eigenvalue weighted by Gasteiger charge is 2.21. The molecule has 1 unspecified atom stereocenters. The van der Waals surface area contributed by atoms with Gasteiger partial charge in [-0.1, -0.05) is 12.1 Å². The summed E-state index contributed by atoms with van der Waals surface area (Å²) in [7, 11) is 0. The number of thiophene rings is 1. The minimum absolute atomic E-state index is 0.0238. The summed E-state index contributed by atoms with van der Waals surface area (Å²) in [5, 5.41) is 17.6. The lowest BCUT2D eigenvalue weighted by molar-refractivity contribution is -0.387. The quantitative estimate of drug-likeness (QED) is 0.310. The van der Waals surface area contributed by atoms with Crippen LogP contribution in [-0.4, -0.2) is 28.8 Å². The number of nitro benzene ring substituents is 1. The molecule has 2 aromatic carbocycles. The number of ether oxygens (including phenoxy) is 1. The van der Waals surface area contributed by atoms with E-state index in [9.17, 15) is 28.9 Å². The zero-order chi connectivity index (χ0) is 23.3. The summed E-state index contributed by atoms with van der Waals surface area (Å²) in [5.41, 5.74) is -0.349. The number of amides is 2. The molecule has 2 amide bonds. The Morgan fingerprint density at radius 2 is 1.81 bits per heavy atom. The molecule has 0 aliphatic heterocycles. The molecule has 32 heavy (non-hydrogen) atoms. The van der Waals surface area contributed by atoms with E-state index in [1.54, 1.807) is 29.6 Å². The number of rotatable bonds is 7. The summed E-state index contributed by atoms with van der Waals surface area (Å²) >= 11 is 1.27. The molecule has 3 aromatic rings. The Morgan fingerprint density at radius 3 is 2.50 bits per heavy atom. The van der Waals surface area contributed by atoms with Crippen LogP contribution < -0.4 is 10.6 Å². The lowest BCUT2D eigenvalue weighted by Crippen LogP contribution is -2.30. The standard InChI is InChI=1S/C21H16FN3O6S/c1-12(19(26)23-15-7-8-16(22)17(11-15)25(29)30)31-21(28)13-4-2-5-14(10-13)24-20(27)18-6-3-9-32-18/h2-12H,1H3,(H,23,26)(H,24,27). The summed E-state index contributed by atoms with van der Waals surface area (Å²) in [6.45, 7) is 1.31. The van der Waals surface area contributed by atoms with E-state index in [1.807, 2.05) is 0 Å². The first-order valence-corrected chi connectivity index (χ1v) is 10.0. The lowest BCUT2D eigenvalue weighted by Gasteiger charge is -2.14. The zero-order valence-corrected chi connectivity index (χ0v) is 17.4. The van der Waals surface area contributed by atoms with Crippen LogP contribution >= 0.6 is 11.3 Å². The molecule has 1 heterocycles. The molecule has 1 atom stereocenters. The number of nitrogens with one attached hydrogen (secondary N) is 2. The number of carbonyl (C=O) groups excluding carboxylic acids is 3. The van der Waals surface area contributed by atoms with Crippen molar-refractivity contribution >= 4 is 46.2 Å². The predicted molar refractivity (Wildman–Crippen MR) is 115 cm³/mol. The molecule has 9 nitrogen and oxygen atoms in total. The van der Waals surface area contributed by atoms with Crippen molar-refractivity contribution in [2.24, 2.45) is 0 Å². The molecule has 11 heteroatoms. The molecule has 0 fully saturated rings. The predicted octanol–water partition coefficient (Wildman–Crippen LogP) is 4.23. The van der Waals surface area contributed by atoms with E-state index in [-0.39, 0.29) is 17.2 Å². The Labute approximate surface area is 185 Å². The number of nitrogens with zero attached hydrogens (tertiary/aromatic N) is 1. The Balaban J connectivity index is 1.62. The fourth-order valence-electron chi connectivity index (χ4n) is 2.58. The zero-order valence-electron chi connectivity index (χ0n) is 16.5. The van der Waals surface area contributed by atoms with Crippen LogP contribution in [0.15, 0.2) is 60.0 Å². The van der Waals surface area contributed by atoms with Gasteiger partial charge in [0.25, 0.3) is 11.8 Å². The largest absolute Gasteiger partial charge is 0.449 e. The molecular formula is C21H16FN3O6S. The van der Waals surface area contributed by atoms with Crippen molar-refractivity contribution in [3.8, 4) is 0 Å². The molecule has 0 aliphatic carbocycles. The smallest absolute Gasteiger partial charge is 0.338 e. The third-order valence-corrected chi connectivity index (χ3v) is 5.03. The molecule has 0 saturated carbocycles. The summed E-state index contributed by atoms with van der Waals surface area (Å²) in [5.74, 6) is -2.95. The number of halogens is 1. The number of carbonyl (C=O) groups is 3. The average molecular weight is 457 g/mol. The van der Waals surface area contributed by atoms with Crippen molar-refractivity contribution in [1.82, 2.24) is 0 Å². The minimum atomic E-state index is -1.25. The van der Waals surface area contributed by atoms with Crippen LogP contribution in [-0.2, 0) is 9.53 Å². The molecule has 0 bridgehead atoms. The number of anilines is 2. The fraction of sp³-hybridized carbons (Fsp3) is 0.0952. The third-order valence-electron chi connectivity index (χ3n) is 4.16. The molecule has 0 saturated heterocycles. The number of nitro groups is 1. The van der Waals surface area contributed by atoms with Crippen molar-refractivity contribution in [3.63, 3.8) is 0 Å². The van der Waals surface area contributed by atoms with Crippen molar-refractivity contribution in [3.05, 3.63) is 86.3 Å². The molecule has 0 radical (unpaired) electrons. The van der Waals surface area contributed by atoms with E-state index in [1.165, 1.54) is 30.4 Å². The Kier molecular flexibility index (Phi) is 6.90. The van der Waals surface area contributed by atoms with Gasteiger partial charge in [-0.3, -0.25) is 19.7 Å². The number of benzene rings is 2. The van der Waals surface area contributed by atoms with Gasteiger partial charge < -0.3 is 15.4 Å². The van der Waals surface area contributed by atoms with Crippen LogP contribution in [0, 0.1) is 15.9 Å². The molecule has 0 spiro atoms. The van der Waals surface area contributed by atoms with Gasteiger partial charge in [-0.15, -0.1) is 11.3 Å². The van der Waals surface area contributed by atoms with Crippen molar-refractivity contribution < 1.29 is 28.4 Å². The highest BCUT2D eigenvalue weighted by atomic mass is 32.1. The number of hydrogen-bond donors (Lipinski definition) is 2. The van der Waals surface area contributed by atoms with Crippen LogP contribution in [0.5, 0.6) is 0 Å². The molecule has 0 aliphatic rings. The second-order valence-corrected chi connectivity index (χ2v) is 7.42. The molecular weight excluding hydrogens is 441 g/mol. The Morgan fingerprint density at radius 1 is 1.06 bits per heavy atom. The van der Waals surface area contributed by atoms with E-state index >= 15 is 0 Å². The van der Waals surface area contributed by atoms with Gasteiger partial charge in [-0.05, 0) is 48.7 Å². The van der Waals surface area contributed by atoms with E-state index in [0.29, 0.717) is 10.6 Å². The van der Waals surface area contributed by atoms with Gasteiger partial charge in [-0.25, -0.2) is 4.79 Å². The van der Waals surface area contributed by atoms with Gasteiger partial charge in [0.15, 0.2) is 6.10 Å². The summed E-state index contributed by atoms with van der Waals surface area (Å²) < 4.78 is 18.6. The maximum atomic E-state index is 13.4. The average Bonchev–Trinajstić information content (AvgIpc) is 3.30. The van der Waals surface area contributed by atoms with E-state index < -0.39 is 34.4 Å². The molecule has 164 valence electrons. The third kappa shape index (κ3) is 5.52. The number of hydrogen-bond acceptors (Lipinski definition) is 7. The van der Waals surface area contributed by atoms with Crippen molar-refractivity contribution in [2.75, 3.05) is 10.6 Å². The second-order valence-electron chi connectivity index (χ2n) is 6.47. The summed E-state index contributed by atoms with van der Waals surface area (Å²) in [6, 6.07) is 12.3. The number of esters is 1. The van der Waals surface area contributed by atoms with Crippen molar-refractivity contribution in [1.29, 1.82) is 0 Å². The van der Waals surface area contributed by atoms with Crippen molar-refractivity contribution in [2.45, 2.75) is 13.0 Å². The van der Waals surface area contributed by atoms with Crippen LogP contribution in [0.1, 0.15) is 27.0 Å². The first kappa shape index (κ1) is 22.6. The van der Waals surface area contributed by atoms with Crippen LogP contribution in [0.2, 0.25) is 0 Å². The summed E-state index contributed by atoms with van der Waals surface area (Å²) in [6.07, 6.45) is -1.25. The minimum Gasteiger partial charge on any atom is -0.449 e. The van der Waals surface area contributed by atoms with Gasteiger partial charge in [0.1, 0.15) is 0 Å². The van der Waals surface area contributed by atoms with Gasteiger partial charge in [-0.2, -0.15) is 4.39 Å². The highest BCUT2D eigenvalue weighted by molar-refractivity contribution is 7.12. The highest BCUT2D eigenvalue weighted by Crippen LogP contribution is 2.22. The van der Waals surface area contributed by atoms with Crippen LogP contribution in [0.3, 0.4) is 0 Å². The molecule has 2 N–H and O–H groups in total. The van der Waals surface area contributed by atoms with E-state index in [0.717, 1.165) is 18.2 Å². The Hall–Kier alpha value is -4.12.